The monoisotopic (exact) mass is 471 g/mol. The second kappa shape index (κ2) is 14.2. The molecular formula is C23H37NO7S. The lowest BCUT2D eigenvalue weighted by Gasteiger charge is -2.16. The highest BCUT2D eigenvalue weighted by atomic mass is 32.2. The molecule has 1 rings (SSSR count). The number of aliphatic hydroxyl groups is 2. The fraction of sp³-hybridized carbons (Fsp3) is 0.652. The number of amides is 1. The summed E-state index contributed by atoms with van der Waals surface area (Å²) in [6, 6.07) is 0. The van der Waals surface area contributed by atoms with Gasteiger partial charge in [0.2, 0.25) is 10.0 Å². The molecule has 0 aromatic carbocycles. The van der Waals surface area contributed by atoms with Crippen molar-refractivity contribution >= 4 is 21.9 Å². The van der Waals surface area contributed by atoms with Crippen LogP contribution >= 0.6 is 0 Å². The van der Waals surface area contributed by atoms with E-state index >= 15 is 0 Å². The first kappa shape index (κ1) is 28.1. The molecule has 0 spiro atoms. The van der Waals surface area contributed by atoms with Crippen molar-refractivity contribution in [3.63, 3.8) is 0 Å². The minimum atomic E-state index is -3.62. The smallest absolute Gasteiger partial charge is 0.420 e. The van der Waals surface area contributed by atoms with Crippen LogP contribution in [-0.4, -0.2) is 55.6 Å². The molecule has 0 aromatic heterocycles. The number of allylic oxidation sites excluding steroid dienone is 4. The summed E-state index contributed by atoms with van der Waals surface area (Å²) >= 11 is 0. The lowest BCUT2D eigenvalue weighted by Crippen LogP contribution is -2.30. The van der Waals surface area contributed by atoms with Crippen LogP contribution in [0.2, 0.25) is 0 Å². The predicted molar refractivity (Wildman–Crippen MR) is 123 cm³/mol. The first-order chi connectivity index (χ1) is 15.0. The van der Waals surface area contributed by atoms with Crippen molar-refractivity contribution in [1.29, 1.82) is 0 Å². The summed E-state index contributed by atoms with van der Waals surface area (Å²) in [5.74, 6) is -0.571. The van der Waals surface area contributed by atoms with Gasteiger partial charge in [0.15, 0.2) is 0 Å². The Balaban J connectivity index is 2.36. The highest BCUT2D eigenvalue weighted by Crippen LogP contribution is 2.33. The molecule has 32 heavy (non-hydrogen) atoms. The number of nitrogens with one attached hydrogen (secondary N) is 1. The molecule has 0 saturated heterocycles. The van der Waals surface area contributed by atoms with Gasteiger partial charge in [-0.15, -0.1) is 0 Å². The van der Waals surface area contributed by atoms with E-state index in [1.807, 2.05) is 26.0 Å². The lowest BCUT2D eigenvalue weighted by atomic mass is 9.90. The van der Waals surface area contributed by atoms with Gasteiger partial charge in [0.05, 0.1) is 25.1 Å². The van der Waals surface area contributed by atoms with Crippen molar-refractivity contribution < 1.29 is 33.0 Å². The Morgan fingerprint density at radius 1 is 1.25 bits per heavy atom. The van der Waals surface area contributed by atoms with Gasteiger partial charge in [-0.1, -0.05) is 36.0 Å². The van der Waals surface area contributed by atoms with E-state index in [2.05, 4.69) is 6.08 Å². The molecule has 0 unspecified atom stereocenters. The molecule has 1 saturated carbocycles. The van der Waals surface area contributed by atoms with Gasteiger partial charge >= 0.3 is 6.09 Å². The molecule has 1 fully saturated rings. The first-order valence-electron chi connectivity index (χ1n) is 11.0. The molecule has 0 heterocycles. The Hall–Kier alpha value is -1.97. The molecule has 8 nitrogen and oxygen atoms in total. The van der Waals surface area contributed by atoms with Crippen molar-refractivity contribution in [3.8, 4) is 0 Å². The number of sulfonamides is 1. The number of rotatable bonds is 13. The van der Waals surface area contributed by atoms with E-state index in [-0.39, 0.29) is 30.6 Å². The van der Waals surface area contributed by atoms with Crippen LogP contribution in [0.4, 0.5) is 4.79 Å². The van der Waals surface area contributed by atoms with E-state index in [9.17, 15) is 28.2 Å². The normalized spacial score (nSPS) is 22.4. The van der Waals surface area contributed by atoms with Gasteiger partial charge in [-0.3, -0.25) is 4.79 Å². The van der Waals surface area contributed by atoms with Crippen molar-refractivity contribution in [1.82, 2.24) is 4.72 Å². The van der Waals surface area contributed by atoms with Gasteiger partial charge < -0.3 is 14.9 Å². The standard InChI is InChI=1S/C23H37NO7S/c1-17(2)10-9-11-18(25)13-14-20-19(21(26)16-22(20)27)12-7-5-4-6-8-15-31-23(28)24-32(3,29)30/h5,7,10,13-14,18-20,22,25,27H,4,6,8-9,11-12,15-16H2,1-3H3,(H,24,28)/b7-5-,14-13+/t18-,19-,20-,22-/m1/s1. The second-order valence-corrected chi connectivity index (χ2v) is 10.2. The number of hydrogen-bond acceptors (Lipinski definition) is 7. The Morgan fingerprint density at radius 3 is 2.62 bits per heavy atom. The van der Waals surface area contributed by atoms with Gasteiger partial charge in [0.25, 0.3) is 0 Å². The van der Waals surface area contributed by atoms with Gasteiger partial charge in [-0.2, -0.15) is 0 Å². The molecule has 4 atom stereocenters. The molecule has 182 valence electrons. The highest BCUT2D eigenvalue weighted by Gasteiger charge is 2.39. The topological polar surface area (TPSA) is 130 Å². The molecule has 0 bridgehead atoms. The van der Waals surface area contributed by atoms with Crippen LogP contribution in [0.5, 0.6) is 0 Å². The van der Waals surface area contributed by atoms with E-state index in [4.69, 9.17) is 4.74 Å². The van der Waals surface area contributed by atoms with E-state index in [0.29, 0.717) is 19.3 Å². The second-order valence-electron chi connectivity index (χ2n) is 8.45. The van der Waals surface area contributed by atoms with Crippen molar-refractivity contribution in [2.24, 2.45) is 11.8 Å². The summed E-state index contributed by atoms with van der Waals surface area (Å²) in [5.41, 5.74) is 1.20. The predicted octanol–water partition coefficient (Wildman–Crippen LogP) is 3.02. The Morgan fingerprint density at radius 2 is 1.97 bits per heavy atom. The van der Waals surface area contributed by atoms with E-state index in [1.54, 1.807) is 16.9 Å². The van der Waals surface area contributed by atoms with E-state index in [1.165, 1.54) is 5.57 Å². The average molecular weight is 472 g/mol. The van der Waals surface area contributed by atoms with Crippen LogP contribution in [0.15, 0.2) is 36.0 Å². The number of carbonyl (C=O) groups excluding carboxylic acids is 2. The lowest BCUT2D eigenvalue weighted by molar-refractivity contribution is -0.121. The Kier molecular flexibility index (Phi) is 12.5. The zero-order chi connectivity index (χ0) is 24.1. The third kappa shape index (κ3) is 12.2. The third-order valence-corrected chi connectivity index (χ3v) is 5.66. The van der Waals surface area contributed by atoms with Crippen LogP contribution in [-0.2, 0) is 19.6 Å². The number of ketones is 1. The largest absolute Gasteiger partial charge is 0.449 e. The molecular weight excluding hydrogens is 434 g/mol. The maximum absolute atomic E-state index is 12.3. The van der Waals surface area contributed by atoms with Crippen LogP contribution in [0.25, 0.3) is 0 Å². The molecule has 1 amide bonds. The number of aliphatic hydroxyl groups excluding tert-OH is 2. The summed E-state index contributed by atoms with van der Waals surface area (Å²) in [4.78, 5) is 23.5. The molecule has 1 aliphatic carbocycles. The quantitative estimate of drug-likeness (QED) is 0.278. The van der Waals surface area contributed by atoms with Crippen molar-refractivity contribution in [3.05, 3.63) is 36.0 Å². The molecule has 0 aromatic rings. The molecule has 3 N–H and O–H groups in total. The summed E-state index contributed by atoms with van der Waals surface area (Å²) in [6.45, 7) is 4.13. The Labute approximate surface area is 191 Å². The number of Topliss-reactive ketones (excluding diaryl/α,β-unsaturated/α-hetero) is 1. The minimum Gasteiger partial charge on any atom is -0.449 e. The zero-order valence-corrected chi connectivity index (χ0v) is 20.0. The number of ether oxygens (including phenoxy) is 1. The summed E-state index contributed by atoms with van der Waals surface area (Å²) in [7, 11) is -3.62. The van der Waals surface area contributed by atoms with Crippen molar-refractivity contribution in [2.45, 2.75) is 71.0 Å². The van der Waals surface area contributed by atoms with Crippen molar-refractivity contribution in [2.75, 3.05) is 12.9 Å². The maximum Gasteiger partial charge on any atom is 0.420 e. The minimum absolute atomic E-state index is 0.0288. The maximum atomic E-state index is 12.3. The summed E-state index contributed by atoms with van der Waals surface area (Å²) < 4.78 is 28.3. The van der Waals surface area contributed by atoms with Crippen LogP contribution in [0.1, 0.15) is 58.8 Å². The molecule has 0 radical (unpaired) electrons. The number of carbonyl (C=O) groups is 2. The first-order valence-corrected chi connectivity index (χ1v) is 12.9. The number of unbranched alkanes of at least 4 members (excludes halogenated alkanes) is 2. The SMILES string of the molecule is CC(C)=CCC[C@@H](O)/C=C/[C@H]1[C@H](O)CC(=O)[C@@H]1C/C=C\CCCCOC(=O)NS(C)(=O)=O. The van der Waals surface area contributed by atoms with Gasteiger partial charge in [-0.25, -0.2) is 17.9 Å². The van der Waals surface area contributed by atoms with E-state index < -0.39 is 28.3 Å². The molecule has 0 aliphatic heterocycles. The van der Waals surface area contributed by atoms with Gasteiger partial charge in [-0.05, 0) is 52.4 Å². The number of hydrogen-bond donors (Lipinski definition) is 3. The third-order valence-electron chi connectivity index (χ3n) is 5.13. The Bertz CT molecular complexity index is 797. The summed E-state index contributed by atoms with van der Waals surface area (Å²) in [5, 5.41) is 20.3. The van der Waals surface area contributed by atoms with Crippen LogP contribution < -0.4 is 4.72 Å². The van der Waals surface area contributed by atoms with Crippen LogP contribution in [0, 0.1) is 11.8 Å². The summed E-state index contributed by atoms with van der Waals surface area (Å²) in [6.07, 6.45) is 12.0. The fourth-order valence-electron chi connectivity index (χ4n) is 3.49. The molecule has 1 aliphatic rings. The fourth-order valence-corrected chi connectivity index (χ4v) is 3.86. The van der Waals surface area contributed by atoms with Gasteiger partial charge in [0, 0.05) is 18.3 Å². The van der Waals surface area contributed by atoms with E-state index in [0.717, 1.165) is 25.5 Å². The average Bonchev–Trinajstić information content (AvgIpc) is 2.93. The highest BCUT2D eigenvalue weighted by molar-refractivity contribution is 7.89. The van der Waals surface area contributed by atoms with Crippen LogP contribution in [0.3, 0.4) is 0 Å². The van der Waals surface area contributed by atoms with Gasteiger partial charge in [0.1, 0.15) is 5.78 Å². The molecule has 9 heteroatoms. The zero-order valence-electron chi connectivity index (χ0n) is 19.2.